The number of nitriles is 1. The number of nitrogens with zero attached hydrogens (tertiary/aromatic N) is 2. The first-order valence-electron chi connectivity index (χ1n) is 9.76. The summed E-state index contributed by atoms with van der Waals surface area (Å²) in [6.45, 7) is 6.45. The van der Waals surface area contributed by atoms with Gasteiger partial charge in [-0.25, -0.2) is 0 Å². The lowest BCUT2D eigenvalue weighted by Gasteiger charge is -2.21. The van der Waals surface area contributed by atoms with Gasteiger partial charge in [0, 0.05) is 19.8 Å². The average Bonchev–Trinajstić information content (AvgIpc) is 2.72. The van der Waals surface area contributed by atoms with Crippen molar-refractivity contribution in [1.82, 2.24) is 4.57 Å². The molecule has 3 rings (SSSR count). The molecule has 5 heteroatoms. The Morgan fingerprint density at radius 3 is 2.30 bits per heavy atom. The van der Waals surface area contributed by atoms with Crippen molar-refractivity contribution < 1.29 is 9.47 Å². The van der Waals surface area contributed by atoms with Gasteiger partial charge in [-0.2, -0.15) is 5.26 Å². The van der Waals surface area contributed by atoms with Crippen molar-refractivity contribution in [3.05, 3.63) is 92.3 Å². The molecule has 0 spiro atoms. The average molecular weight is 402 g/mol. The van der Waals surface area contributed by atoms with Crippen LogP contribution in [0.5, 0.6) is 0 Å². The van der Waals surface area contributed by atoms with E-state index in [4.69, 9.17) is 9.47 Å². The molecule has 0 unspecified atom stereocenters. The Kier molecular flexibility index (Phi) is 6.51. The number of aromatic nitrogens is 1. The van der Waals surface area contributed by atoms with E-state index in [1.807, 2.05) is 63.2 Å². The molecule has 0 atom stereocenters. The molecule has 0 N–H and O–H groups in total. The number of pyridine rings is 1. The molecule has 154 valence electrons. The molecule has 5 nitrogen and oxygen atoms in total. The molecule has 0 radical (unpaired) electrons. The molecule has 0 fully saturated rings. The smallest absolute Gasteiger partial charge is 0.269 e. The summed E-state index contributed by atoms with van der Waals surface area (Å²) in [5.74, 6) is 0. The number of aryl methyl sites for hydroxylation is 3. The maximum absolute atomic E-state index is 13.4. The van der Waals surface area contributed by atoms with Crippen LogP contribution in [0.15, 0.2) is 53.3 Å². The van der Waals surface area contributed by atoms with Crippen molar-refractivity contribution in [3.63, 3.8) is 0 Å². The van der Waals surface area contributed by atoms with Crippen molar-refractivity contribution in [2.24, 2.45) is 0 Å². The van der Waals surface area contributed by atoms with Crippen molar-refractivity contribution >= 4 is 0 Å². The van der Waals surface area contributed by atoms with Crippen LogP contribution in [0, 0.1) is 32.1 Å². The fourth-order valence-electron chi connectivity index (χ4n) is 3.71. The summed E-state index contributed by atoms with van der Waals surface area (Å²) in [5.41, 5.74) is 6.11. The molecule has 2 aromatic carbocycles. The van der Waals surface area contributed by atoms with Gasteiger partial charge in [-0.15, -0.1) is 0 Å². The number of hydrogen-bond donors (Lipinski definition) is 0. The van der Waals surface area contributed by atoms with Crippen molar-refractivity contribution in [2.75, 3.05) is 14.2 Å². The molecule has 0 saturated heterocycles. The first-order valence-corrected chi connectivity index (χ1v) is 9.76. The van der Waals surface area contributed by atoms with Gasteiger partial charge in [0.2, 0.25) is 0 Å². The van der Waals surface area contributed by atoms with Gasteiger partial charge >= 0.3 is 0 Å². The molecule has 0 aliphatic carbocycles. The van der Waals surface area contributed by atoms with Gasteiger partial charge in [0.05, 0.1) is 12.2 Å². The van der Waals surface area contributed by atoms with Crippen LogP contribution in [0.2, 0.25) is 0 Å². The van der Waals surface area contributed by atoms with Crippen LogP contribution in [0.3, 0.4) is 0 Å². The monoisotopic (exact) mass is 402 g/mol. The minimum Gasteiger partial charge on any atom is -0.352 e. The molecule has 0 aliphatic heterocycles. The fourth-order valence-corrected chi connectivity index (χ4v) is 3.71. The highest BCUT2D eigenvalue weighted by Gasteiger charge is 2.22. The molecule has 1 aromatic heterocycles. The number of ether oxygens (including phenoxy) is 2. The largest absolute Gasteiger partial charge is 0.352 e. The Morgan fingerprint density at radius 1 is 1.00 bits per heavy atom. The molecule has 0 amide bonds. The van der Waals surface area contributed by atoms with Crippen LogP contribution >= 0.6 is 0 Å². The van der Waals surface area contributed by atoms with Crippen molar-refractivity contribution in [1.29, 1.82) is 5.26 Å². The normalized spacial score (nSPS) is 11.0. The zero-order valence-electron chi connectivity index (χ0n) is 18.0. The second kappa shape index (κ2) is 9.08. The van der Waals surface area contributed by atoms with Gasteiger partial charge in [-0.05, 0) is 49.6 Å². The molecular weight excluding hydrogens is 376 g/mol. The summed E-state index contributed by atoms with van der Waals surface area (Å²) in [7, 11) is 2.98. The second-order valence-electron chi connectivity index (χ2n) is 7.47. The zero-order valence-corrected chi connectivity index (χ0v) is 18.0. The highest BCUT2D eigenvalue weighted by atomic mass is 16.7. The Bertz CT molecular complexity index is 1170. The van der Waals surface area contributed by atoms with E-state index in [1.54, 1.807) is 4.57 Å². The van der Waals surface area contributed by atoms with E-state index < -0.39 is 6.29 Å². The molecule has 1 heterocycles. The second-order valence-corrected chi connectivity index (χ2v) is 7.47. The van der Waals surface area contributed by atoms with Gasteiger partial charge in [0.25, 0.3) is 5.56 Å². The van der Waals surface area contributed by atoms with Crippen LogP contribution in [0.25, 0.3) is 11.3 Å². The van der Waals surface area contributed by atoms with E-state index in [-0.39, 0.29) is 11.1 Å². The third-order valence-electron chi connectivity index (χ3n) is 5.26. The van der Waals surface area contributed by atoms with Crippen LogP contribution in [-0.2, 0) is 16.0 Å². The van der Waals surface area contributed by atoms with Crippen molar-refractivity contribution in [3.8, 4) is 17.3 Å². The summed E-state index contributed by atoms with van der Waals surface area (Å²) < 4.78 is 12.4. The lowest BCUT2D eigenvalue weighted by molar-refractivity contribution is -0.106. The summed E-state index contributed by atoms with van der Waals surface area (Å²) in [5, 5.41) is 9.75. The number of rotatable bonds is 6. The molecule has 3 aromatic rings. The molecule has 0 saturated carbocycles. The highest BCUT2D eigenvalue weighted by Crippen LogP contribution is 2.28. The van der Waals surface area contributed by atoms with Crippen molar-refractivity contribution in [2.45, 2.75) is 33.6 Å². The van der Waals surface area contributed by atoms with Crippen LogP contribution < -0.4 is 5.56 Å². The van der Waals surface area contributed by atoms with Gasteiger partial charge < -0.3 is 14.0 Å². The Morgan fingerprint density at radius 2 is 1.70 bits per heavy atom. The quantitative estimate of drug-likeness (QED) is 0.563. The number of benzene rings is 2. The third kappa shape index (κ3) is 4.20. The Hall–Kier alpha value is -3.20. The maximum atomic E-state index is 13.4. The van der Waals surface area contributed by atoms with Crippen LogP contribution in [-0.4, -0.2) is 18.8 Å². The summed E-state index contributed by atoms with van der Waals surface area (Å²) in [6, 6.07) is 18.0. The van der Waals surface area contributed by atoms with Gasteiger partial charge in [-0.1, -0.05) is 47.5 Å². The molecule has 0 aliphatic rings. The standard InChI is InChI=1S/C25H26N2O3/c1-16-7-6-8-19(12-16)23-13-21(25(29-4)30-5)22(14-26)24(28)27(23)15-20-10-9-17(2)11-18(20)3/h6-13,25H,15H2,1-5H3. The first-order chi connectivity index (χ1) is 14.4. The lowest BCUT2D eigenvalue weighted by atomic mass is 10.0. The first kappa shape index (κ1) is 21.5. The van der Waals surface area contributed by atoms with Crippen LogP contribution in [0.1, 0.15) is 39.7 Å². The lowest BCUT2D eigenvalue weighted by Crippen LogP contribution is -2.28. The van der Waals surface area contributed by atoms with E-state index >= 15 is 0 Å². The number of hydrogen-bond acceptors (Lipinski definition) is 4. The Labute approximate surface area is 177 Å². The molecular formula is C25H26N2O3. The SMILES string of the molecule is COC(OC)c1cc(-c2cccc(C)c2)n(Cc2ccc(C)cc2C)c(=O)c1C#N. The van der Waals surface area contributed by atoms with Gasteiger partial charge in [0.1, 0.15) is 11.6 Å². The van der Waals surface area contributed by atoms with Gasteiger partial charge in [-0.3, -0.25) is 4.79 Å². The predicted octanol–water partition coefficient (Wildman–Crippen LogP) is 4.65. The van der Waals surface area contributed by atoms with E-state index in [9.17, 15) is 10.1 Å². The summed E-state index contributed by atoms with van der Waals surface area (Å²) in [4.78, 5) is 13.4. The van der Waals surface area contributed by atoms with E-state index in [1.165, 1.54) is 19.8 Å². The fraction of sp³-hybridized carbons (Fsp3) is 0.280. The minimum atomic E-state index is -0.799. The summed E-state index contributed by atoms with van der Waals surface area (Å²) >= 11 is 0. The minimum absolute atomic E-state index is 0.0323. The molecule has 30 heavy (non-hydrogen) atoms. The van der Waals surface area contributed by atoms with E-state index in [2.05, 4.69) is 12.1 Å². The maximum Gasteiger partial charge on any atom is 0.269 e. The van der Waals surface area contributed by atoms with Crippen LogP contribution in [0.4, 0.5) is 0 Å². The topological polar surface area (TPSA) is 64.2 Å². The Balaban J connectivity index is 2.31. The third-order valence-corrected chi connectivity index (χ3v) is 5.26. The van der Waals surface area contributed by atoms with Gasteiger partial charge in [0.15, 0.2) is 6.29 Å². The molecule has 0 bridgehead atoms. The zero-order chi connectivity index (χ0) is 21.8. The highest BCUT2D eigenvalue weighted by molar-refractivity contribution is 5.63. The number of methoxy groups -OCH3 is 2. The summed E-state index contributed by atoms with van der Waals surface area (Å²) in [6.07, 6.45) is -0.799. The van der Waals surface area contributed by atoms with E-state index in [0.29, 0.717) is 12.1 Å². The van der Waals surface area contributed by atoms with E-state index in [0.717, 1.165) is 27.9 Å². The predicted molar refractivity (Wildman–Crippen MR) is 117 cm³/mol.